The van der Waals surface area contributed by atoms with E-state index in [2.05, 4.69) is 154 Å². The molecule has 5 rings (SSSR count). The third kappa shape index (κ3) is 17.3. The first-order valence-electron chi connectivity index (χ1n) is 25.8. The first kappa shape index (κ1) is 59.4. The molecule has 0 bridgehead atoms. The molecule has 72 heavy (non-hydrogen) atoms. The lowest BCUT2D eigenvalue weighted by molar-refractivity contribution is 0.104. The SMILES string of the molecule is CCCC#Cc1ccc([Si]2(O[Si](C)(C)C)O[Si](O[Si](C)(C)C)(c3ccc(C#CCCC)cc3)O[Si](O[Si](C)(C)C)(c3ccc(C#CCCC)cc3)O[Si](O[Si](C)(C)C)(c3ccc(C#CCCC)cc3)O2)cc1. The third-order valence-corrected chi connectivity index (χ3v) is 37.1. The van der Waals surface area contributed by atoms with Crippen LogP contribution in [0.1, 0.15) is 101 Å². The Kier molecular flexibility index (Phi) is 20.9. The van der Waals surface area contributed by atoms with Crippen molar-refractivity contribution in [1.29, 1.82) is 0 Å². The fraction of sp³-hybridized carbons (Fsp3) is 0.429. The van der Waals surface area contributed by atoms with E-state index in [-0.39, 0.29) is 0 Å². The van der Waals surface area contributed by atoms with Crippen molar-refractivity contribution in [2.75, 3.05) is 0 Å². The summed E-state index contributed by atoms with van der Waals surface area (Å²) in [6.45, 7) is 34.5. The van der Waals surface area contributed by atoms with Crippen molar-refractivity contribution in [2.45, 2.75) is 158 Å². The zero-order chi connectivity index (χ0) is 52.9. The molecule has 0 saturated carbocycles. The highest BCUT2D eigenvalue weighted by Gasteiger charge is 2.72. The van der Waals surface area contributed by atoms with Gasteiger partial charge in [-0.25, -0.2) is 0 Å². The molecule has 4 aromatic carbocycles. The molecule has 384 valence electrons. The second-order valence-electron chi connectivity index (χ2n) is 22.0. The largest absolute Gasteiger partial charge is 0.512 e. The van der Waals surface area contributed by atoms with Crippen LogP contribution in [0.5, 0.6) is 0 Å². The quantitative estimate of drug-likeness (QED) is 0.0812. The summed E-state index contributed by atoms with van der Waals surface area (Å²) in [6.07, 6.45) is 7.11. The maximum absolute atomic E-state index is 8.23. The highest BCUT2D eigenvalue weighted by molar-refractivity contribution is 7.06. The predicted octanol–water partition coefficient (Wildman–Crippen LogP) is 11.5. The molecular weight excluding hydrogens is 1030 g/mol. The second kappa shape index (κ2) is 25.4. The van der Waals surface area contributed by atoms with Crippen LogP contribution < -0.4 is 20.7 Å². The fourth-order valence-electron chi connectivity index (χ4n) is 7.47. The summed E-state index contributed by atoms with van der Waals surface area (Å²) in [7, 11) is -28.3. The van der Waals surface area contributed by atoms with E-state index in [0.29, 0.717) is 0 Å². The van der Waals surface area contributed by atoms with Crippen molar-refractivity contribution in [3.8, 4) is 47.4 Å². The number of benzene rings is 4. The van der Waals surface area contributed by atoms with Gasteiger partial charge in [-0.1, -0.05) is 124 Å². The topological polar surface area (TPSA) is 73.8 Å². The zero-order valence-corrected chi connectivity index (χ0v) is 54.2. The van der Waals surface area contributed by atoms with Crippen molar-refractivity contribution in [3.05, 3.63) is 119 Å². The molecule has 0 aliphatic carbocycles. The Hall–Kier alpha value is -3.46. The van der Waals surface area contributed by atoms with Gasteiger partial charge in [0.05, 0.1) is 0 Å². The van der Waals surface area contributed by atoms with Crippen molar-refractivity contribution in [1.82, 2.24) is 0 Å². The van der Waals surface area contributed by atoms with E-state index in [1.54, 1.807) is 0 Å². The maximum atomic E-state index is 8.23. The summed E-state index contributed by atoms with van der Waals surface area (Å²) in [5, 5.41) is 2.91. The molecule has 0 N–H and O–H groups in total. The molecule has 4 aromatic rings. The van der Waals surface area contributed by atoms with Gasteiger partial charge >= 0.3 is 35.2 Å². The molecule has 0 spiro atoms. The Morgan fingerprint density at radius 3 is 0.611 bits per heavy atom. The van der Waals surface area contributed by atoms with Gasteiger partial charge in [-0.3, -0.25) is 0 Å². The van der Waals surface area contributed by atoms with Crippen molar-refractivity contribution in [3.63, 3.8) is 0 Å². The summed E-state index contributed by atoms with van der Waals surface area (Å²) < 4.78 is 63.8. The number of unbranched alkanes of at least 4 members (excludes halogenated alkanes) is 4. The smallest absolute Gasteiger partial charge is 0.413 e. The molecule has 1 fully saturated rings. The second-order valence-corrected chi connectivity index (χ2v) is 52.2. The molecule has 0 unspecified atom stereocenters. The molecule has 1 saturated heterocycles. The molecule has 1 aliphatic rings. The first-order valence-corrected chi connectivity index (χ1v) is 46.3. The van der Waals surface area contributed by atoms with Crippen molar-refractivity contribution >= 4 is 89.2 Å². The van der Waals surface area contributed by atoms with E-state index in [1.165, 1.54) is 0 Å². The van der Waals surface area contributed by atoms with Crippen LogP contribution in [0.2, 0.25) is 78.6 Å². The number of hydrogen-bond acceptors (Lipinski definition) is 8. The highest BCUT2D eigenvalue weighted by atomic mass is 28.6. The standard InChI is InChI=1S/C56H80O8Si8/c1-17-21-25-29-49-33-41-53(42-34-49)69(57-65(5,6)7)61-70(58-66(8,9)10,54-43-35-50(36-44-54)30-26-22-18-2)63-72(60-68(14,15)16,56-47-39-52(40-48-56)32-28-24-20-4)64-71(62-69,59-67(11,12)13)55-45-37-51(38-46-55)31-27-23-19-3/h33-48H,17-24H2,1-16H3. The average Bonchev–Trinajstić information content (AvgIpc) is 3.27. The van der Waals surface area contributed by atoms with Gasteiger partial charge < -0.3 is 32.9 Å². The molecule has 1 heterocycles. The van der Waals surface area contributed by atoms with Crippen LogP contribution in [0, 0.1) is 47.4 Å². The minimum Gasteiger partial charge on any atom is -0.413 e. The highest BCUT2D eigenvalue weighted by Crippen LogP contribution is 2.38. The Balaban J connectivity index is 2.04. The van der Waals surface area contributed by atoms with Gasteiger partial charge in [-0.05, 0) is 153 Å². The monoisotopic (exact) mass is 1100 g/mol. The van der Waals surface area contributed by atoms with Crippen molar-refractivity contribution < 1.29 is 32.9 Å². The van der Waals surface area contributed by atoms with Gasteiger partial charge in [0.1, 0.15) is 0 Å². The maximum Gasteiger partial charge on any atom is 0.512 e. The van der Waals surface area contributed by atoms with E-state index >= 15 is 0 Å². The van der Waals surface area contributed by atoms with Crippen LogP contribution in [0.4, 0.5) is 0 Å². The van der Waals surface area contributed by atoms with Crippen LogP contribution >= 0.6 is 0 Å². The Morgan fingerprint density at radius 2 is 0.472 bits per heavy atom. The molecular formula is C56H80O8Si8. The molecule has 0 amide bonds. The summed E-state index contributed by atoms with van der Waals surface area (Å²) in [4.78, 5) is 0. The minimum atomic E-state index is -4.42. The Labute approximate surface area is 443 Å². The molecule has 1 aliphatic heterocycles. The van der Waals surface area contributed by atoms with Crippen LogP contribution in [0.3, 0.4) is 0 Å². The molecule has 0 radical (unpaired) electrons. The summed E-state index contributed by atoms with van der Waals surface area (Å²) in [5.74, 6) is 26.7. The van der Waals surface area contributed by atoms with E-state index < -0.39 is 68.5 Å². The summed E-state index contributed by atoms with van der Waals surface area (Å²) in [6, 6.07) is 32.6. The molecule has 8 nitrogen and oxygen atoms in total. The number of rotatable bonds is 16. The first-order chi connectivity index (χ1) is 33.8. The van der Waals surface area contributed by atoms with E-state index in [0.717, 1.165) is 94.4 Å². The van der Waals surface area contributed by atoms with Crippen LogP contribution in [0.25, 0.3) is 0 Å². The van der Waals surface area contributed by atoms with Crippen molar-refractivity contribution in [2.24, 2.45) is 0 Å². The third-order valence-electron chi connectivity index (χ3n) is 10.2. The van der Waals surface area contributed by atoms with Crippen LogP contribution in [0.15, 0.2) is 97.1 Å². The van der Waals surface area contributed by atoms with E-state index in [9.17, 15) is 0 Å². The van der Waals surface area contributed by atoms with E-state index in [4.69, 9.17) is 32.9 Å². The molecule has 0 aromatic heterocycles. The fourth-order valence-corrected chi connectivity index (χ4v) is 40.5. The lowest BCUT2D eigenvalue weighted by Crippen LogP contribution is -2.84. The lowest BCUT2D eigenvalue weighted by Gasteiger charge is -2.53. The summed E-state index contributed by atoms with van der Waals surface area (Å²) >= 11 is 0. The Bertz CT molecular complexity index is 2270. The van der Waals surface area contributed by atoms with Crippen LogP contribution in [-0.2, 0) is 32.9 Å². The molecule has 16 heteroatoms. The van der Waals surface area contributed by atoms with Gasteiger partial charge in [-0.2, -0.15) is 0 Å². The minimum absolute atomic E-state index is 0.727. The van der Waals surface area contributed by atoms with Gasteiger partial charge in [0.15, 0.2) is 33.3 Å². The van der Waals surface area contributed by atoms with Gasteiger partial charge in [0, 0.05) is 68.7 Å². The van der Waals surface area contributed by atoms with Crippen LogP contribution in [-0.4, -0.2) is 68.5 Å². The Morgan fingerprint density at radius 1 is 0.306 bits per heavy atom. The van der Waals surface area contributed by atoms with Gasteiger partial charge in [-0.15, -0.1) is 0 Å². The summed E-state index contributed by atoms with van der Waals surface area (Å²) in [5.41, 5.74) is 3.51. The predicted molar refractivity (Wildman–Crippen MR) is 317 cm³/mol. The van der Waals surface area contributed by atoms with Gasteiger partial charge in [0.25, 0.3) is 0 Å². The normalized spacial score (nSPS) is 21.6. The molecule has 0 atom stereocenters. The average molecular weight is 1110 g/mol. The van der Waals surface area contributed by atoms with Gasteiger partial charge in [0.2, 0.25) is 0 Å². The van der Waals surface area contributed by atoms with E-state index in [1.807, 2.05) is 97.1 Å². The lowest BCUT2D eigenvalue weighted by atomic mass is 10.2. The number of hydrogen-bond donors (Lipinski definition) is 0. The zero-order valence-electron chi connectivity index (χ0n) is 46.2.